The first-order valence-electron chi connectivity index (χ1n) is 11.7. The number of hydrogen-bond donors (Lipinski definition) is 1. The summed E-state index contributed by atoms with van der Waals surface area (Å²) in [5, 5.41) is 0. The van der Waals surface area contributed by atoms with Gasteiger partial charge in [-0.25, -0.2) is 0 Å². The number of aryl methyl sites for hydroxylation is 1. The van der Waals surface area contributed by atoms with Crippen LogP contribution in [0.15, 0.2) is 24.3 Å². The largest absolute Gasteiger partial charge is 0.330 e. The molecule has 0 saturated heterocycles. The third-order valence-electron chi connectivity index (χ3n) is 6.58. The minimum absolute atomic E-state index is 0.792. The molecule has 2 nitrogen and oxygen atoms in total. The summed E-state index contributed by atoms with van der Waals surface area (Å²) in [5.74, 6) is 2.61. The highest BCUT2D eigenvalue weighted by atomic mass is 15.1. The van der Waals surface area contributed by atoms with E-state index in [1.54, 1.807) is 0 Å². The average Bonchev–Trinajstić information content (AvgIpc) is 2.72. The van der Waals surface area contributed by atoms with Gasteiger partial charge in [0.05, 0.1) is 0 Å². The van der Waals surface area contributed by atoms with Gasteiger partial charge in [0.15, 0.2) is 0 Å². The number of nitrogens with two attached hydrogens (primary N) is 1. The predicted octanol–water partition coefficient (Wildman–Crippen LogP) is 6.17. The molecule has 0 unspecified atom stereocenters. The molecule has 0 radical (unpaired) electrons. The Labute approximate surface area is 168 Å². The van der Waals surface area contributed by atoms with Crippen LogP contribution in [0.25, 0.3) is 0 Å². The Balaban J connectivity index is 0.00000126. The minimum Gasteiger partial charge on any atom is -0.330 e. The topological polar surface area (TPSA) is 29.3 Å². The van der Waals surface area contributed by atoms with Gasteiger partial charge in [0.2, 0.25) is 0 Å². The lowest BCUT2D eigenvalue weighted by molar-refractivity contribution is 0.143. The summed E-state index contributed by atoms with van der Waals surface area (Å²) in [5.41, 5.74) is 8.72. The molecular weight excluding hydrogens is 328 g/mol. The highest BCUT2D eigenvalue weighted by molar-refractivity contribution is 5.21. The smallest absolute Gasteiger partial charge is 0.0233 e. The fourth-order valence-electron chi connectivity index (χ4n) is 4.91. The molecule has 1 aromatic rings. The van der Waals surface area contributed by atoms with Crippen LogP contribution in [0.4, 0.5) is 0 Å². The number of hydrogen-bond acceptors (Lipinski definition) is 2. The first kappa shape index (κ1) is 22.4. The fraction of sp³-hybridized carbons (Fsp3) is 0.760. The molecule has 0 spiro atoms. The van der Waals surface area contributed by atoms with E-state index in [2.05, 4.69) is 36.1 Å². The van der Waals surface area contributed by atoms with E-state index in [1.165, 1.54) is 82.0 Å². The van der Waals surface area contributed by atoms with Crippen molar-refractivity contribution in [2.24, 2.45) is 23.5 Å². The van der Waals surface area contributed by atoms with Crippen molar-refractivity contribution >= 4 is 0 Å². The van der Waals surface area contributed by atoms with Gasteiger partial charge in [-0.1, -0.05) is 62.9 Å². The van der Waals surface area contributed by atoms with Crippen molar-refractivity contribution < 1.29 is 0 Å². The van der Waals surface area contributed by atoms with Gasteiger partial charge in [-0.05, 0) is 75.3 Å². The van der Waals surface area contributed by atoms with Crippen molar-refractivity contribution in [1.82, 2.24) is 4.90 Å². The monoisotopic (exact) mass is 372 g/mol. The molecule has 0 heterocycles. The summed E-state index contributed by atoms with van der Waals surface area (Å²) in [6.07, 6.45) is 12.7. The van der Waals surface area contributed by atoms with Crippen molar-refractivity contribution in [3.8, 4) is 0 Å². The highest BCUT2D eigenvalue weighted by Crippen LogP contribution is 2.30. The van der Waals surface area contributed by atoms with Gasteiger partial charge in [-0.15, -0.1) is 0 Å². The van der Waals surface area contributed by atoms with Gasteiger partial charge in [-0.3, -0.25) is 4.90 Å². The van der Waals surface area contributed by atoms with E-state index in [0.717, 1.165) is 30.8 Å². The fourth-order valence-corrected chi connectivity index (χ4v) is 4.91. The molecule has 2 aliphatic carbocycles. The van der Waals surface area contributed by atoms with Crippen LogP contribution >= 0.6 is 0 Å². The van der Waals surface area contributed by atoms with Crippen LogP contribution in [0, 0.1) is 24.7 Å². The third-order valence-corrected chi connectivity index (χ3v) is 6.58. The molecule has 0 aliphatic heterocycles. The highest BCUT2D eigenvalue weighted by Gasteiger charge is 2.24. The molecule has 2 aliphatic rings. The standard InChI is InChI=1S/C23H38N2.C2H6/c1-19-7-9-22(10-8-19)17-25(16-21-5-3-2-4-6-21)18-23-13-11-20(15-24)12-14-23;1-2/h7-10,20-21,23H,2-6,11-18,24H2,1H3;1-2H3. The Morgan fingerprint density at radius 1 is 0.778 bits per heavy atom. The minimum atomic E-state index is 0.792. The first-order valence-corrected chi connectivity index (χ1v) is 11.7. The Hall–Kier alpha value is -0.860. The summed E-state index contributed by atoms with van der Waals surface area (Å²) >= 11 is 0. The Bertz CT molecular complexity index is 482. The molecule has 2 N–H and O–H groups in total. The summed E-state index contributed by atoms with van der Waals surface area (Å²) < 4.78 is 0. The lowest BCUT2D eigenvalue weighted by Crippen LogP contribution is -2.36. The van der Waals surface area contributed by atoms with Crippen molar-refractivity contribution in [3.63, 3.8) is 0 Å². The van der Waals surface area contributed by atoms with Crippen molar-refractivity contribution in [2.45, 2.75) is 85.1 Å². The Morgan fingerprint density at radius 3 is 1.85 bits per heavy atom. The zero-order valence-electron chi connectivity index (χ0n) is 18.3. The van der Waals surface area contributed by atoms with Crippen LogP contribution in [0.3, 0.4) is 0 Å². The molecule has 27 heavy (non-hydrogen) atoms. The molecule has 0 aromatic heterocycles. The normalized spacial score (nSPS) is 23.7. The van der Waals surface area contributed by atoms with Gasteiger partial charge in [-0.2, -0.15) is 0 Å². The van der Waals surface area contributed by atoms with Gasteiger partial charge < -0.3 is 5.73 Å². The summed E-state index contributed by atoms with van der Waals surface area (Å²) in [6, 6.07) is 9.18. The molecular formula is C25H44N2. The van der Waals surface area contributed by atoms with E-state index in [0.29, 0.717) is 0 Å². The van der Waals surface area contributed by atoms with Gasteiger partial charge in [0, 0.05) is 19.6 Å². The molecule has 2 fully saturated rings. The molecule has 2 heteroatoms. The SMILES string of the molecule is CC.Cc1ccc(CN(CC2CCCCC2)CC2CCC(CN)CC2)cc1. The second-order valence-electron chi connectivity index (χ2n) is 8.81. The molecule has 0 atom stereocenters. The van der Waals surface area contributed by atoms with Crippen molar-refractivity contribution in [1.29, 1.82) is 0 Å². The molecule has 1 aromatic carbocycles. The van der Waals surface area contributed by atoms with Crippen LogP contribution in [-0.4, -0.2) is 24.5 Å². The van der Waals surface area contributed by atoms with Gasteiger partial charge in [0.1, 0.15) is 0 Å². The lowest BCUT2D eigenvalue weighted by atomic mass is 9.81. The van der Waals surface area contributed by atoms with Crippen LogP contribution in [0.1, 0.15) is 82.8 Å². The van der Waals surface area contributed by atoms with E-state index >= 15 is 0 Å². The third kappa shape index (κ3) is 7.95. The zero-order valence-corrected chi connectivity index (χ0v) is 18.3. The number of nitrogens with zero attached hydrogens (tertiary/aromatic N) is 1. The van der Waals surface area contributed by atoms with E-state index in [4.69, 9.17) is 5.73 Å². The molecule has 2 saturated carbocycles. The zero-order chi connectivity index (χ0) is 19.5. The molecule has 3 rings (SSSR count). The van der Waals surface area contributed by atoms with Crippen LogP contribution in [0.5, 0.6) is 0 Å². The summed E-state index contributed by atoms with van der Waals surface area (Å²) in [6.45, 7) is 10.8. The van der Waals surface area contributed by atoms with Crippen molar-refractivity contribution in [2.75, 3.05) is 19.6 Å². The van der Waals surface area contributed by atoms with E-state index in [9.17, 15) is 0 Å². The number of rotatable bonds is 7. The molecule has 0 bridgehead atoms. The Morgan fingerprint density at radius 2 is 1.30 bits per heavy atom. The predicted molar refractivity (Wildman–Crippen MR) is 119 cm³/mol. The maximum Gasteiger partial charge on any atom is 0.0233 e. The average molecular weight is 373 g/mol. The van der Waals surface area contributed by atoms with E-state index in [-0.39, 0.29) is 0 Å². The van der Waals surface area contributed by atoms with Crippen LogP contribution in [0.2, 0.25) is 0 Å². The van der Waals surface area contributed by atoms with Crippen molar-refractivity contribution in [3.05, 3.63) is 35.4 Å². The van der Waals surface area contributed by atoms with Gasteiger partial charge in [0.25, 0.3) is 0 Å². The second-order valence-corrected chi connectivity index (χ2v) is 8.81. The molecule has 154 valence electrons. The van der Waals surface area contributed by atoms with Crippen LogP contribution in [-0.2, 0) is 6.54 Å². The molecule has 0 amide bonds. The number of benzene rings is 1. The second kappa shape index (κ2) is 12.6. The summed E-state index contributed by atoms with van der Waals surface area (Å²) in [7, 11) is 0. The maximum absolute atomic E-state index is 5.88. The maximum atomic E-state index is 5.88. The van der Waals surface area contributed by atoms with E-state index < -0.39 is 0 Å². The van der Waals surface area contributed by atoms with E-state index in [1.807, 2.05) is 13.8 Å². The Kier molecular flexibility index (Phi) is 10.4. The first-order chi connectivity index (χ1) is 13.2. The quantitative estimate of drug-likeness (QED) is 0.620. The lowest BCUT2D eigenvalue weighted by Gasteiger charge is -2.35. The summed E-state index contributed by atoms with van der Waals surface area (Å²) in [4.78, 5) is 2.79. The van der Waals surface area contributed by atoms with Crippen LogP contribution < -0.4 is 5.73 Å². The van der Waals surface area contributed by atoms with Gasteiger partial charge >= 0.3 is 0 Å².